The summed E-state index contributed by atoms with van der Waals surface area (Å²) in [6, 6.07) is 17.8. The molecule has 0 fully saturated rings. The number of carbonyl (C=O) groups is 1. The monoisotopic (exact) mass is 434 g/mol. The van der Waals surface area contributed by atoms with Crippen LogP contribution in [0.5, 0.6) is 5.75 Å². The van der Waals surface area contributed by atoms with Crippen molar-refractivity contribution in [1.82, 2.24) is 25.3 Å². The molecule has 32 heavy (non-hydrogen) atoms. The van der Waals surface area contributed by atoms with Crippen molar-refractivity contribution in [3.63, 3.8) is 0 Å². The minimum atomic E-state index is -0.0311. The maximum absolute atomic E-state index is 12.1. The molecule has 8 nitrogen and oxygen atoms in total. The van der Waals surface area contributed by atoms with Crippen LogP contribution in [0.15, 0.2) is 65.8 Å². The summed E-state index contributed by atoms with van der Waals surface area (Å²) in [4.78, 5) is 18.3. The fraction of sp³-hybridized carbons (Fsp3) is 0.292. The van der Waals surface area contributed by atoms with Gasteiger partial charge in [-0.25, -0.2) is 9.67 Å². The van der Waals surface area contributed by atoms with Crippen LogP contribution in [0.2, 0.25) is 0 Å². The predicted octanol–water partition coefficient (Wildman–Crippen LogP) is 2.51. The van der Waals surface area contributed by atoms with Crippen LogP contribution in [0.1, 0.15) is 16.8 Å². The van der Waals surface area contributed by atoms with Crippen molar-refractivity contribution in [2.24, 2.45) is 4.99 Å². The Kier molecular flexibility index (Phi) is 7.85. The molecule has 0 aliphatic rings. The number of carbonyl (C=O) groups excluding carboxylic acids is 1. The van der Waals surface area contributed by atoms with E-state index >= 15 is 0 Å². The Morgan fingerprint density at radius 3 is 2.50 bits per heavy atom. The number of nitrogens with zero attached hydrogens (tertiary/aromatic N) is 4. The number of benzene rings is 2. The van der Waals surface area contributed by atoms with Crippen molar-refractivity contribution in [2.45, 2.75) is 20.0 Å². The number of hydrogen-bond donors (Lipinski definition) is 2. The van der Waals surface area contributed by atoms with Gasteiger partial charge in [-0.2, -0.15) is 5.10 Å². The van der Waals surface area contributed by atoms with Gasteiger partial charge in [0.2, 0.25) is 5.91 Å². The lowest BCUT2D eigenvalue weighted by molar-refractivity contribution is -0.127. The van der Waals surface area contributed by atoms with Gasteiger partial charge in [0, 0.05) is 26.8 Å². The highest BCUT2D eigenvalue weighted by Gasteiger charge is 2.09. The van der Waals surface area contributed by atoms with Gasteiger partial charge in [-0.05, 0) is 42.3 Å². The van der Waals surface area contributed by atoms with E-state index in [1.807, 2.05) is 72.4 Å². The average Bonchev–Trinajstić information content (AvgIpc) is 3.24. The summed E-state index contributed by atoms with van der Waals surface area (Å²) in [6.07, 6.45) is 1.95. The molecule has 0 aliphatic carbocycles. The second-order valence-electron chi connectivity index (χ2n) is 7.54. The minimum Gasteiger partial charge on any atom is -0.497 e. The van der Waals surface area contributed by atoms with Crippen molar-refractivity contribution < 1.29 is 9.53 Å². The molecule has 0 saturated carbocycles. The van der Waals surface area contributed by atoms with Crippen LogP contribution in [0.25, 0.3) is 5.69 Å². The van der Waals surface area contributed by atoms with Gasteiger partial charge >= 0.3 is 0 Å². The summed E-state index contributed by atoms with van der Waals surface area (Å²) in [5.41, 5.74) is 4.05. The molecule has 2 N–H and O–H groups in total. The first-order valence-electron chi connectivity index (χ1n) is 10.4. The van der Waals surface area contributed by atoms with E-state index in [9.17, 15) is 4.79 Å². The number of rotatable bonds is 8. The van der Waals surface area contributed by atoms with Crippen molar-refractivity contribution >= 4 is 11.9 Å². The average molecular weight is 435 g/mol. The Balaban J connectivity index is 1.74. The van der Waals surface area contributed by atoms with E-state index < -0.39 is 0 Å². The molecule has 168 valence electrons. The van der Waals surface area contributed by atoms with E-state index in [0.29, 0.717) is 19.0 Å². The summed E-state index contributed by atoms with van der Waals surface area (Å²) in [5, 5.41) is 11.0. The third-order valence-corrected chi connectivity index (χ3v) is 4.89. The SMILES string of the molecule is COc1ccc(CN=C(NCC(=O)N(C)C)NCc2ccccc2-n2ccc(C)n2)cc1. The Labute approximate surface area is 188 Å². The van der Waals surface area contributed by atoms with Gasteiger partial charge in [0.05, 0.1) is 31.6 Å². The number of aliphatic imine (C=N–C) groups is 1. The molecule has 0 atom stereocenters. The zero-order chi connectivity index (χ0) is 22.9. The van der Waals surface area contributed by atoms with Crippen LogP contribution in [-0.4, -0.2) is 54.3 Å². The maximum Gasteiger partial charge on any atom is 0.241 e. The van der Waals surface area contributed by atoms with Crippen LogP contribution in [0.3, 0.4) is 0 Å². The third kappa shape index (κ3) is 6.34. The Morgan fingerprint density at radius 2 is 1.84 bits per heavy atom. The van der Waals surface area contributed by atoms with Gasteiger partial charge in [0.15, 0.2) is 5.96 Å². The Morgan fingerprint density at radius 1 is 1.09 bits per heavy atom. The van der Waals surface area contributed by atoms with E-state index in [4.69, 9.17) is 4.74 Å². The van der Waals surface area contributed by atoms with Gasteiger partial charge in [-0.15, -0.1) is 0 Å². The molecule has 3 rings (SSSR count). The standard InChI is InChI=1S/C24H30N6O2/c1-18-13-14-30(28-18)22-8-6-5-7-20(22)16-26-24(27-17-23(31)29(2)3)25-15-19-9-11-21(32-4)12-10-19/h5-14H,15-17H2,1-4H3,(H2,25,26,27). The topological polar surface area (TPSA) is 83.8 Å². The summed E-state index contributed by atoms with van der Waals surface area (Å²) in [7, 11) is 5.10. The van der Waals surface area contributed by atoms with E-state index in [-0.39, 0.29) is 12.5 Å². The molecule has 8 heteroatoms. The smallest absolute Gasteiger partial charge is 0.241 e. The first-order chi connectivity index (χ1) is 15.5. The number of ether oxygens (including phenoxy) is 1. The molecule has 1 heterocycles. The number of amides is 1. The van der Waals surface area contributed by atoms with Crippen LogP contribution in [0.4, 0.5) is 0 Å². The first-order valence-corrected chi connectivity index (χ1v) is 10.4. The number of hydrogen-bond acceptors (Lipinski definition) is 4. The summed E-state index contributed by atoms with van der Waals surface area (Å²) >= 11 is 0. The summed E-state index contributed by atoms with van der Waals surface area (Å²) < 4.78 is 7.07. The molecule has 1 aromatic heterocycles. The Bertz CT molecular complexity index is 1060. The molecule has 0 saturated heterocycles. The van der Waals surface area contributed by atoms with Gasteiger partial charge in [0.1, 0.15) is 5.75 Å². The van der Waals surface area contributed by atoms with Gasteiger partial charge in [-0.1, -0.05) is 30.3 Å². The molecule has 2 aromatic carbocycles. The molecule has 0 spiro atoms. The largest absolute Gasteiger partial charge is 0.497 e. The lowest BCUT2D eigenvalue weighted by Gasteiger charge is -2.16. The summed E-state index contributed by atoms with van der Waals surface area (Å²) in [6.45, 7) is 3.11. The number of para-hydroxylation sites is 1. The number of guanidine groups is 1. The minimum absolute atomic E-state index is 0.0311. The molecule has 3 aromatic rings. The lowest BCUT2D eigenvalue weighted by Crippen LogP contribution is -2.42. The zero-order valence-electron chi connectivity index (χ0n) is 19.0. The van der Waals surface area contributed by atoms with Crippen molar-refractivity contribution in [3.8, 4) is 11.4 Å². The fourth-order valence-corrected chi connectivity index (χ4v) is 3.01. The van der Waals surface area contributed by atoms with Gasteiger partial charge < -0.3 is 20.3 Å². The number of aromatic nitrogens is 2. The highest BCUT2D eigenvalue weighted by molar-refractivity contribution is 5.86. The van der Waals surface area contributed by atoms with Crippen molar-refractivity contribution in [3.05, 3.63) is 77.6 Å². The molecule has 0 radical (unpaired) electrons. The van der Waals surface area contributed by atoms with Gasteiger partial charge in [0.25, 0.3) is 0 Å². The number of aryl methyl sites for hydroxylation is 1. The molecular formula is C24H30N6O2. The van der Waals surface area contributed by atoms with Gasteiger partial charge in [-0.3, -0.25) is 4.79 Å². The molecule has 1 amide bonds. The Hall–Kier alpha value is -3.81. The van der Waals surface area contributed by atoms with Crippen LogP contribution < -0.4 is 15.4 Å². The quantitative estimate of drug-likeness (QED) is 0.420. The first kappa shape index (κ1) is 22.9. The van der Waals surface area contributed by atoms with Crippen LogP contribution >= 0.6 is 0 Å². The molecule has 0 aliphatic heterocycles. The molecule has 0 bridgehead atoms. The van der Waals surface area contributed by atoms with Crippen LogP contribution in [0, 0.1) is 6.92 Å². The second-order valence-corrected chi connectivity index (χ2v) is 7.54. The van der Waals surface area contributed by atoms with Crippen molar-refractivity contribution in [1.29, 1.82) is 0 Å². The number of nitrogens with one attached hydrogen (secondary N) is 2. The molecule has 0 unspecified atom stereocenters. The number of methoxy groups -OCH3 is 1. The van der Waals surface area contributed by atoms with E-state index in [1.54, 1.807) is 26.1 Å². The highest BCUT2D eigenvalue weighted by Crippen LogP contribution is 2.14. The van der Waals surface area contributed by atoms with E-state index in [2.05, 4.69) is 20.7 Å². The highest BCUT2D eigenvalue weighted by atomic mass is 16.5. The van der Waals surface area contributed by atoms with E-state index in [0.717, 1.165) is 28.3 Å². The normalized spacial score (nSPS) is 11.2. The van der Waals surface area contributed by atoms with E-state index in [1.165, 1.54) is 0 Å². The second kappa shape index (κ2) is 11.0. The zero-order valence-corrected chi connectivity index (χ0v) is 19.0. The number of likely N-dealkylation sites (N-methyl/N-ethyl adjacent to an activating group) is 1. The lowest BCUT2D eigenvalue weighted by atomic mass is 10.2. The summed E-state index contributed by atoms with van der Waals surface area (Å²) in [5.74, 6) is 1.33. The predicted molar refractivity (Wildman–Crippen MR) is 126 cm³/mol. The fourth-order valence-electron chi connectivity index (χ4n) is 3.01. The molecular weight excluding hydrogens is 404 g/mol. The van der Waals surface area contributed by atoms with Crippen LogP contribution in [-0.2, 0) is 17.9 Å². The van der Waals surface area contributed by atoms with Crippen molar-refractivity contribution in [2.75, 3.05) is 27.7 Å². The maximum atomic E-state index is 12.1. The third-order valence-electron chi connectivity index (χ3n) is 4.89.